The molecule has 0 atom stereocenters. The molecule has 0 saturated carbocycles. The highest BCUT2D eigenvalue weighted by atomic mass is 32.1. The number of thiocarbonyl (C=S) groups is 1. The minimum Gasteiger partial charge on any atom is -0.389 e. The highest BCUT2D eigenvalue weighted by molar-refractivity contribution is 7.80. The van der Waals surface area contributed by atoms with Crippen molar-refractivity contribution in [2.45, 2.75) is 6.92 Å². The van der Waals surface area contributed by atoms with Crippen LogP contribution in [0.4, 0.5) is 21.5 Å². The summed E-state index contributed by atoms with van der Waals surface area (Å²) in [6, 6.07) is 10.7. The van der Waals surface area contributed by atoms with Crippen LogP contribution in [0, 0.1) is 12.7 Å². The molecule has 0 aliphatic carbocycles. The Labute approximate surface area is 129 Å². The zero-order chi connectivity index (χ0) is 15.6. The van der Waals surface area contributed by atoms with Gasteiger partial charge >= 0.3 is 0 Å². The summed E-state index contributed by atoms with van der Waals surface area (Å²) in [7, 11) is 3.98. The van der Waals surface area contributed by atoms with Crippen LogP contribution < -0.4 is 16.0 Å². The van der Waals surface area contributed by atoms with Gasteiger partial charge in [0.05, 0.1) is 0 Å². The van der Waals surface area contributed by atoms with Gasteiger partial charge in [0.25, 0.3) is 0 Å². The van der Waals surface area contributed by atoms with E-state index < -0.39 is 5.82 Å². The van der Waals surface area contributed by atoms with Crippen LogP contribution in [0.2, 0.25) is 0 Å². The van der Waals surface area contributed by atoms with Crippen molar-refractivity contribution in [1.29, 1.82) is 0 Å². The van der Waals surface area contributed by atoms with Gasteiger partial charge < -0.3 is 16.0 Å². The lowest BCUT2D eigenvalue weighted by atomic mass is 10.1. The maximum absolute atomic E-state index is 13.9. The van der Waals surface area contributed by atoms with Crippen molar-refractivity contribution in [2.75, 3.05) is 24.3 Å². The van der Waals surface area contributed by atoms with E-state index in [1.54, 1.807) is 12.1 Å². The van der Waals surface area contributed by atoms with Crippen molar-refractivity contribution in [3.8, 4) is 0 Å². The Bertz CT molecular complexity index is 683. The molecule has 2 aromatic rings. The molecule has 2 aromatic carbocycles. The van der Waals surface area contributed by atoms with Gasteiger partial charge in [-0.15, -0.1) is 0 Å². The standard InChI is InChI=1S/C16H18FN3S/c1-10-4-5-12(9-15(10)20(2)3)19-11-6-7-13(16(18)21)14(17)8-11/h4-9,19H,1-3H3,(H2,18,21). The number of aryl methyl sites for hydroxylation is 1. The minimum atomic E-state index is -0.424. The smallest absolute Gasteiger partial charge is 0.135 e. The number of nitrogens with one attached hydrogen (secondary N) is 1. The van der Waals surface area contributed by atoms with Crippen LogP contribution in [-0.4, -0.2) is 19.1 Å². The molecule has 0 aliphatic heterocycles. The summed E-state index contributed by atoms with van der Waals surface area (Å²) in [5.41, 5.74) is 9.55. The molecule has 110 valence electrons. The lowest BCUT2D eigenvalue weighted by Gasteiger charge is -2.17. The first-order valence-electron chi connectivity index (χ1n) is 6.53. The quantitative estimate of drug-likeness (QED) is 0.847. The highest BCUT2D eigenvalue weighted by Gasteiger charge is 2.07. The summed E-state index contributed by atoms with van der Waals surface area (Å²) in [5, 5.41) is 3.18. The molecule has 3 N–H and O–H groups in total. The van der Waals surface area contributed by atoms with Crippen LogP contribution >= 0.6 is 12.2 Å². The predicted octanol–water partition coefficient (Wildman–Crippen LogP) is 3.58. The minimum absolute atomic E-state index is 0.0595. The number of nitrogens with two attached hydrogens (primary N) is 1. The van der Waals surface area contributed by atoms with E-state index >= 15 is 0 Å². The number of hydrogen-bond donors (Lipinski definition) is 2. The van der Waals surface area contributed by atoms with E-state index in [9.17, 15) is 4.39 Å². The van der Waals surface area contributed by atoms with Crippen LogP contribution in [-0.2, 0) is 0 Å². The average Bonchev–Trinajstić information content (AvgIpc) is 2.40. The Morgan fingerprint density at radius 3 is 2.33 bits per heavy atom. The van der Waals surface area contributed by atoms with E-state index in [0.29, 0.717) is 5.69 Å². The summed E-state index contributed by atoms with van der Waals surface area (Å²) in [5.74, 6) is -0.424. The van der Waals surface area contributed by atoms with E-state index in [2.05, 4.69) is 12.2 Å². The Balaban J connectivity index is 2.28. The fraction of sp³-hybridized carbons (Fsp3) is 0.188. The van der Waals surface area contributed by atoms with Gasteiger partial charge in [0, 0.05) is 36.7 Å². The van der Waals surface area contributed by atoms with Crippen LogP contribution in [0.5, 0.6) is 0 Å². The number of anilines is 3. The van der Waals surface area contributed by atoms with E-state index in [-0.39, 0.29) is 10.6 Å². The van der Waals surface area contributed by atoms with Crippen molar-refractivity contribution >= 4 is 34.3 Å². The van der Waals surface area contributed by atoms with Gasteiger partial charge in [-0.2, -0.15) is 0 Å². The van der Waals surface area contributed by atoms with Crippen LogP contribution in [0.25, 0.3) is 0 Å². The first-order valence-corrected chi connectivity index (χ1v) is 6.93. The van der Waals surface area contributed by atoms with Crippen molar-refractivity contribution in [1.82, 2.24) is 0 Å². The molecule has 5 heteroatoms. The summed E-state index contributed by atoms with van der Waals surface area (Å²) in [6.45, 7) is 2.05. The third-order valence-electron chi connectivity index (χ3n) is 3.21. The van der Waals surface area contributed by atoms with E-state index in [1.807, 2.05) is 37.2 Å². The molecule has 2 rings (SSSR count). The van der Waals surface area contributed by atoms with Crippen LogP contribution in [0.3, 0.4) is 0 Å². The molecule has 3 nitrogen and oxygen atoms in total. The Morgan fingerprint density at radius 2 is 1.76 bits per heavy atom. The lowest BCUT2D eigenvalue weighted by molar-refractivity contribution is 0.626. The largest absolute Gasteiger partial charge is 0.389 e. The maximum Gasteiger partial charge on any atom is 0.135 e. The van der Waals surface area contributed by atoms with Crippen molar-refractivity contribution in [3.05, 3.63) is 53.3 Å². The van der Waals surface area contributed by atoms with Gasteiger partial charge in [-0.05, 0) is 42.8 Å². The van der Waals surface area contributed by atoms with Crippen LogP contribution in [0.15, 0.2) is 36.4 Å². The molecule has 0 aliphatic rings. The number of hydrogen-bond acceptors (Lipinski definition) is 3. The zero-order valence-corrected chi connectivity index (χ0v) is 13.1. The molecule has 0 bridgehead atoms. The molecule has 21 heavy (non-hydrogen) atoms. The second-order valence-electron chi connectivity index (χ2n) is 5.08. The van der Waals surface area contributed by atoms with Crippen LogP contribution in [0.1, 0.15) is 11.1 Å². The lowest BCUT2D eigenvalue weighted by Crippen LogP contribution is -2.12. The van der Waals surface area contributed by atoms with Gasteiger partial charge in [-0.25, -0.2) is 4.39 Å². The van der Waals surface area contributed by atoms with Crippen molar-refractivity contribution < 1.29 is 4.39 Å². The monoisotopic (exact) mass is 303 g/mol. The third kappa shape index (κ3) is 3.49. The molecular weight excluding hydrogens is 285 g/mol. The molecule has 0 heterocycles. The summed E-state index contributed by atoms with van der Waals surface area (Å²) >= 11 is 4.79. The molecular formula is C16H18FN3S. The first-order chi connectivity index (χ1) is 9.88. The summed E-state index contributed by atoms with van der Waals surface area (Å²) < 4.78 is 13.9. The molecule has 0 fully saturated rings. The molecule has 0 amide bonds. The van der Waals surface area contributed by atoms with Crippen molar-refractivity contribution in [3.63, 3.8) is 0 Å². The van der Waals surface area contributed by atoms with Gasteiger partial charge in [-0.1, -0.05) is 18.3 Å². The number of benzene rings is 2. The predicted molar refractivity (Wildman–Crippen MR) is 91.1 cm³/mol. The number of rotatable bonds is 4. The molecule has 0 radical (unpaired) electrons. The second-order valence-corrected chi connectivity index (χ2v) is 5.52. The number of halogens is 1. The van der Waals surface area contributed by atoms with Gasteiger partial charge in [-0.3, -0.25) is 0 Å². The molecule has 0 unspecified atom stereocenters. The van der Waals surface area contributed by atoms with E-state index in [4.69, 9.17) is 18.0 Å². The fourth-order valence-electron chi connectivity index (χ4n) is 2.13. The Kier molecular flexibility index (Phi) is 4.43. The summed E-state index contributed by atoms with van der Waals surface area (Å²) in [6.07, 6.45) is 0. The zero-order valence-electron chi connectivity index (χ0n) is 12.3. The normalized spacial score (nSPS) is 10.3. The second kappa shape index (κ2) is 6.10. The van der Waals surface area contributed by atoms with Gasteiger partial charge in [0.2, 0.25) is 0 Å². The molecule has 0 saturated heterocycles. The Morgan fingerprint density at radius 1 is 1.14 bits per heavy atom. The third-order valence-corrected chi connectivity index (χ3v) is 3.43. The number of nitrogens with zero attached hydrogens (tertiary/aromatic N) is 1. The topological polar surface area (TPSA) is 41.3 Å². The first kappa shape index (κ1) is 15.3. The van der Waals surface area contributed by atoms with Gasteiger partial charge in [0.1, 0.15) is 10.8 Å². The summed E-state index contributed by atoms with van der Waals surface area (Å²) in [4.78, 5) is 2.10. The van der Waals surface area contributed by atoms with Gasteiger partial charge in [0.15, 0.2) is 0 Å². The average molecular weight is 303 g/mol. The fourth-order valence-corrected chi connectivity index (χ4v) is 2.29. The Hall–Kier alpha value is -2.14. The SMILES string of the molecule is Cc1ccc(Nc2ccc(C(N)=S)c(F)c2)cc1N(C)C. The maximum atomic E-state index is 13.9. The van der Waals surface area contributed by atoms with Crippen molar-refractivity contribution in [2.24, 2.45) is 5.73 Å². The van der Waals surface area contributed by atoms with E-state index in [0.717, 1.165) is 11.4 Å². The molecule has 0 aromatic heterocycles. The highest BCUT2D eigenvalue weighted by Crippen LogP contribution is 2.25. The van der Waals surface area contributed by atoms with E-state index in [1.165, 1.54) is 11.6 Å². The molecule has 0 spiro atoms.